The Morgan fingerprint density at radius 1 is 1.04 bits per heavy atom. The van der Waals surface area contributed by atoms with E-state index in [1.165, 1.54) is 5.56 Å². The third kappa shape index (κ3) is 4.10. The minimum atomic E-state index is 0.0612. The highest BCUT2D eigenvalue weighted by Gasteiger charge is 2.12. The van der Waals surface area contributed by atoms with Gasteiger partial charge in [0.05, 0.1) is 18.8 Å². The number of aliphatic hydroxyl groups excluding tert-OH is 1. The van der Waals surface area contributed by atoms with Crippen LogP contribution in [0.1, 0.15) is 18.1 Å². The second kappa shape index (κ2) is 7.90. The van der Waals surface area contributed by atoms with Gasteiger partial charge < -0.3 is 10.4 Å². The highest BCUT2D eigenvalue weighted by Crippen LogP contribution is 2.22. The molecule has 0 amide bonds. The third-order valence-corrected chi connectivity index (χ3v) is 3.99. The minimum Gasteiger partial charge on any atom is -0.395 e. The van der Waals surface area contributed by atoms with Crippen LogP contribution in [-0.2, 0) is 13.1 Å². The number of nitrogens with zero attached hydrogens (tertiary/aromatic N) is 2. The summed E-state index contributed by atoms with van der Waals surface area (Å²) in [4.78, 5) is 0. The fraction of sp³-hybridized carbons (Fsp3) is 0.250. The van der Waals surface area contributed by atoms with Crippen LogP contribution in [0.25, 0.3) is 11.3 Å². The molecule has 0 saturated heterocycles. The molecule has 2 aromatic carbocycles. The maximum Gasteiger partial charge on any atom is 0.0968 e. The van der Waals surface area contributed by atoms with Crippen molar-refractivity contribution in [2.45, 2.75) is 26.1 Å². The monoisotopic (exact) mass is 321 g/mol. The first-order chi connectivity index (χ1) is 11.8. The maximum absolute atomic E-state index is 9.22. The average molecular weight is 321 g/mol. The number of hydrogen-bond donors (Lipinski definition) is 2. The van der Waals surface area contributed by atoms with Crippen molar-refractivity contribution in [1.29, 1.82) is 0 Å². The second-order valence-corrected chi connectivity index (χ2v) is 6.02. The van der Waals surface area contributed by atoms with E-state index in [2.05, 4.69) is 35.8 Å². The van der Waals surface area contributed by atoms with E-state index >= 15 is 0 Å². The summed E-state index contributed by atoms with van der Waals surface area (Å²) in [5, 5.41) is 17.3. The predicted molar refractivity (Wildman–Crippen MR) is 96.6 cm³/mol. The summed E-state index contributed by atoms with van der Waals surface area (Å²) >= 11 is 0. The van der Waals surface area contributed by atoms with Crippen LogP contribution >= 0.6 is 0 Å². The van der Waals surface area contributed by atoms with Crippen LogP contribution in [0.4, 0.5) is 0 Å². The lowest BCUT2D eigenvalue weighted by Crippen LogP contribution is -2.28. The molecule has 0 fully saturated rings. The first kappa shape index (κ1) is 16.4. The van der Waals surface area contributed by atoms with E-state index in [-0.39, 0.29) is 12.6 Å². The standard InChI is InChI=1S/C20H23N3O/c1-16(15-24)21-12-19-14-23(13-17-8-4-2-5-9-17)22-20(19)18-10-6-3-7-11-18/h2-11,14,16,21,24H,12-13,15H2,1H3. The number of rotatable bonds is 7. The molecule has 0 aliphatic heterocycles. The molecule has 0 aliphatic rings. The predicted octanol–water partition coefficient (Wildman–Crippen LogP) is 3.07. The van der Waals surface area contributed by atoms with Gasteiger partial charge in [-0.1, -0.05) is 60.7 Å². The molecule has 3 rings (SSSR count). The van der Waals surface area contributed by atoms with Gasteiger partial charge in [-0.15, -0.1) is 0 Å². The first-order valence-corrected chi connectivity index (χ1v) is 8.26. The van der Waals surface area contributed by atoms with Crippen LogP contribution < -0.4 is 5.32 Å². The van der Waals surface area contributed by atoms with Crippen molar-refractivity contribution in [3.63, 3.8) is 0 Å². The number of hydrogen-bond acceptors (Lipinski definition) is 3. The summed E-state index contributed by atoms with van der Waals surface area (Å²) in [6, 6.07) is 20.6. The summed E-state index contributed by atoms with van der Waals surface area (Å²) in [5.74, 6) is 0. The van der Waals surface area contributed by atoms with Crippen LogP contribution in [0.15, 0.2) is 66.9 Å². The molecule has 124 valence electrons. The molecule has 1 aromatic heterocycles. The van der Waals surface area contributed by atoms with Crippen molar-refractivity contribution < 1.29 is 5.11 Å². The molecular formula is C20H23N3O. The van der Waals surface area contributed by atoms with E-state index in [1.54, 1.807) is 0 Å². The molecule has 3 aromatic rings. The van der Waals surface area contributed by atoms with E-state index in [0.717, 1.165) is 23.4 Å². The Morgan fingerprint density at radius 3 is 2.38 bits per heavy atom. The molecule has 0 spiro atoms. The van der Waals surface area contributed by atoms with Crippen LogP contribution in [0.3, 0.4) is 0 Å². The molecule has 4 heteroatoms. The Labute approximate surface area is 142 Å². The number of nitrogens with one attached hydrogen (secondary N) is 1. The minimum absolute atomic E-state index is 0.0612. The number of aromatic nitrogens is 2. The molecule has 1 atom stereocenters. The van der Waals surface area contributed by atoms with Gasteiger partial charge in [0.25, 0.3) is 0 Å². The van der Waals surface area contributed by atoms with Crippen molar-refractivity contribution in [2.75, 3.05) is 6.61 Å². The first-order valence-electron chi connectivity index (χ1n) is 8.26. The lowest BCUT2D eigenvalue weighted by atomic mass is 10.1. The highest BCUT2D eigenvalue weighted by atomic mass is 16.3. The second-order valence-electron chi connectivity index (χ2n) is 6.02. The van der Waals surface area contributed by atoms with Gasteiger partial charge in [-0.2, -0.15) is 5.10 Å². The molecule has 4 nitrogen and oxygen atoms in total. The quantitative estimate of drug-likeness (QED) is 0.703. The molecule has 1 unspecified atom stereocenters. The van der Waals surface area contributed by atoms with Crippen molar-refractivity contribution in [2.24, 2.45) is 0 Å². The molecule has 2 N–H and O–H groups in total. The number of benzene rings is 2. The van der Waals surface area contributed by atoms with E-state index < -0.39 is 0 Å². The third-order valence-electron chi connectivity index (χ3n) is 3.99. The average Bonchev–Trinajstić information content (AvgIpc) is 3.04. The smallest absolute Gasteiger partial charge is 0.0968 e. The van der Waals surface area contributed by atoms with Gasteiger partial charge in [0.15, 0.2) is 0 Å². The molecular weight excluding hydrogens is 298 g/mol. The fourth-order valence-electron chi connectivity index (χ4n) is 2.63. The van der Waals surface area contributed by atoms with Gasteiger partial charge in [-0.3, -0.25) is 4.68 Å². The summed E-state index contributed by atoms with van der Waals surface area (Å²) in [5.41, 5.74) is 4.46. The Morgan fingerprint density at radius 2 is 1.71 bits per heavy atom. The molecule has 0 aliphatic carbocycles. The topological polar surface area (TPSA) is 50.1 Å². The van der Waals surface area contributed by atoms with Crippen molar-refractivity contribution >= 4 is 0 Å². The lowest BCUT2D eigenvalue weighted by Gasteiger charge is -2.10. The highest BCUT2D eigenvalue weighted by molar-refractivity contribution is 5.62. The summed E-state index contributed by atoms with van der Waals surface area (Å²) < 4.78 is 1.98. The van der Waals surface area contributed by atoms with Crippen molar-refractivity contribution in [3.05, 3.63) is 78.0 Å². The zero-order valence-corrected chi connectivity index (χ0v) is 13.9. The van der Waals surface area contributed by atoms with Gasteiger partial charge in [0.2, 0.25) is 0 Å². The zero-order valence-electron chi connectivity index (χ0n) is 13.9. The van der Waals surface area contributed by atoms with E-state index in [4.69, 9.17) is 5.10 Å². The van der Waals surface area contributed by atoms with Crippen molar-refractivity contribution in [1.82, 2.24) is 15.1 Å². The van der Waals surface area contributed by atoms with Gasteiger partial charge in [0.1, 0.15) is 0 Å². The maximum atomic E-state index is 9.22. The molecule has 0 saturated carbocycles. The van der Waals surface area contributed by atoms with E-state index in [9.17, 15) is 5.11 Å². The van der Waals surface area contributed by atoms with Crippen LogP contribution in [0, 0.1) is 0 Å². The molecule has 0 bridgehead atoms. The van der Waals surface area contributed by atoms with Gasteiger partial charge in [-0.25, -0.2) is 0 Å². The Kier molecular flexibility index (Phi) is 5.41. The summed E-state index contributed by atoms with van der Waals surface area (Å²) in [6.07, 6.45) is 2.09. The SMILES string of the molecule is CC(CO)NCc1cn(Cc2ccccc2)nc1-c1ccccc1. The zero-order chi connectivity index (χ0) is 16.8. The Hall–Kier alpha value is -2.43. The summed E-state index contributed by atoms with van der Waals surface area (Å²) in [6.45, 7) is 3.52. The Balaban J connectivity index is 1.87. The van der Waals surface area contributed by atoms with Gasteiger partial charge in [-0.05, 0) is 12.5 Å². The van der Waals surface area contributed by atoms with Crippen LogP contribution in [0.2, 0.25) is 0 Å². The normalized spacial score (nSPS) is 12.2. The largest absolute Gasteiger partial charge is 0.395 e. The van der Waals surface area contributed by atoms with Crippen molar-refractivity contribution in [3.8, 4) is 11.3 Å². The molecule has 1 heterocycles. The van der Waals surface area contributed by atoms with Gasteiger partial charge >= 0.3 is 0 Å². The fourth-order valence-corrected chi connectivity index (χ4v) is 2.63. The Bertz CT molecular complexity index is 753. The van der Waals surface area contributed by atoms with E-state index in [0.29, 0.717) is 6.54 Å². The van der Waals surface area contributed by atoms with Crippen LogP contribution in [-0.4, -0.2) is 27.5 Å². The van der Waals surface area contributed by atoms with E-state index in [1.807, 2.05) is 48.0 Å². The molecule has 24 heavy (non-hydrogen) atoms. The summed E-state index contributed by atoms with van der Waals surface area (Å²) in [7, 11) is 0. The molecule has 0 radical (unpaired) electrons. The number of aliphatic hydroxyl groups is 1. The lowest BCUT2D eigenvalue weighted by molar-refractivity contribution is 0.251. The van der Waals surface area contributed by atoms with Gasteiger partial charge in [0, 0.05) is 29.9 Å². The van der Waals surface area contributed by atoms with Crippen LogP contribution in [0.5, 0.6) is 0 Å².